The van der Waals surface area contributed by atoms with E-state index in [9.17, 15) is 4.79 Å². The number of aryl methyl sites for hydroxylation is 2. The van der Waals surface area contributed by atoms with Crippen molar-refractivity contribution in [2.45, 2.75) is 13.8 Å². The highest BCUT2D eigenvalue weighted by Crippen LogP contribution is 2.25. The number of nitrogens with one attached hydrogen (secondary N) is 1. The van der Waals surface area contributed by atoms with Crippen LogP contribution in [0.5, 0.6) is 0 Å². The Hall–Kier alpha value is -2.96. The topological polar surface area (TPSA) is 59.8 Å². The summed E-state index contributed by atoms with van der Waals surface area (Å²) in [5, 5.41) is 7.95. The molecule has 1 amide bonds. The number of hydrogen-bond donors (Lipinski definition) is 1. The van der Waals surface area contributed by atoms with Crippen LogP contribution in [0.15, 0.2) is 71.2 Å². The van der Waals surface area contributed by atoms with Gasteiger partial charge in [-0.25, -0.2) is 9.67 Å². The Morgan fingerprint density at radius 1 is 1.03 bits per heavy atom. The Kier molecular flexibility index (Phi) is 5.70. The van der Waals surface area contributed by atoms with E-state index in [1.54, 1.807) is 10.7 Å². The molecule has 0 aliphatic heterocycles. The second-order valence-electron chi connectivity index (χ2n) is 6.93. The SMILES string of the molecule is Cc1ccc(-c2nc(C(=O)Nc3cccc(Br)c3)nn2-c2ccc(C)c(Cl)c2)cc1. The quantitative estimate of drug-likeness (QED) is 0.376. The Morgan fingerprint density at radius 2 is 1.80 bits per heavy atom. The minimum absolute atomic E-state index is 0.0715. The zero-order valence-electron chi connectivity index (χ0n) is 16.4. The molecule has 0 saturated heterocycles. The minimum Gasteiger partial charge on any atom is -0.319 e. The molecule has 0 radical (unpaired) electrons. The van der Waals surface area contributed by atoms with Crippen LogP contribution in [-0.4, -0.2) is 20.7 Å². The minimum atomic E-state index is -0.390. The summed E-state index contributed by atoms with van der Waals surface area (Å²) in [7, 11) is 0. The second kappa shape index (κ2) is 8.42. The predicted molar refractivity (Wildman–Crippen MR) is 123 cm³/mol. The van der Waals surface area contributed by atoms with Gasteiger partial charge < -0.3 is 5.32 Å². The number of anilines is 1. The third kappa shape index (κ3) is 4.30. The van der Waals surface area contributed by atoms with Gasteiger partial charge in [0.05, 0.1) is 5.69 Å². The van der Waals surface area contributed by atoms with Gasteiger partial charge in [0.15, 0.2) is 5.82 Å². The van der Waals surface area contributed by atoms with Gasteiger partial charge in [0, 0.05) is 20.7 Å². The third-order valence-electron chi connectivity index (χ3n) is 4.60. The third-order valence-corrected chi connectivity index (χ3v) is 5.50. The lowest BCUT2D eigenvalue weighted by molar-refractivity contribution is 0.101. The molecule has 0 saturated carbocycles. The van der Waals surface area contributed by atoms with E-state index >= 15 is 0 Å². The number of amides is 1. The van der Waals surface area contributed by atoms with Gasteiger partial charge in [-0.05, 0) is 49.7 Å². The van der Waals surface area contributed by atoms with Crippen molar-refractivity contribution in [1.82, 2.24) is 14.8 Å². The Labute approximate surface area is 187 Å². The number of rotatable bonds is 4. The van der Waals surface area contributed by atoms with Crippen LogP contribution < -0.4 is 5.32 Å². The molecule has 0 unspecified atom stereocenters. The first-order valence-electron chi connectivity index (χ1n) is 9.28. The summed E-state index contributed by atoms with van der Waals surface area (Å²) >= 11 is 9.73. The van der Waals surface area contributed by atoms with Crippen molar-refractivity contribution < 1.29 is 4.79 Å². The van der Waals surface area contributed by atoms with E-state index in [-0.39, 0.29) is 5.82 Å². The average molecular weight is 482 g/mol. The van der Waals surface area contributed by atoms with Gasteiger partial charge >= 0.3 is 0 Å². The van der Waals surface area contributed by atoms with Gasteiger partial charge in [-0.15, -0.1) is 5.10 Å². The summed E-state index contributed by atoms with van der Waals surface area (Å²) in [4.78, 5) is 17.4. The van der Waals surface area contributed by atoms with Gasteiger partial charge in [-0.1, -0.05) is 69.5 Å². The summed E-state index contributed by atoms with van der Waals surface area (Å²) in [5.74, 6) is 0.245. The van der Waals surface area contributed by atoms with Gasteiger partial charge in [-0.2, -0.15) is 0 Å². The lowest BCUT2D eigenvalue weighted by Gasteiger charge is -2.08. The maximum atomic E-state index is 12.8. The highest BCUT2D eigenvalue weighted by Gasteiger charge is 2.19. The van der Waals surface area contributed by atoms with Crippen molar-refractivity contribution >= 4 is 39.1 Å². The zero-order chi connectivity index (χ0) is 21.3. The van der Waals surface area contributed by atoms with Gasteiger partial charge in [0.2, 0.25) is 5.82 Å². The summed E-state index contributed by atoms with van der Waals surface area (Å²) in [6, 6.07) is 20.9. The van der Waals surface area contributed by atoms with Crippen LogP contribution >= 0.6 is 27.5 Å². The summed E-state index contributed by atoms with van der Waals surface area (Å²) in [5.41, 5.74) is 4.34. The van der Waals surface area contributed by atoms with E-state index in [2.05, 4.69) is 31.3 Å². The normalized spacial score (nSPS) is 10.8. The Morgan fingerprint density at radius 3 is 2.50 bits per heavy atom. The van der Waals surface area contributed by atoms with Crippen LogP contribution in [0, 0.1) is 13.8 Å². The Balaban J connectivity index is 1.77. The maximum Gasteiger partial charge on any atom is 0.295 e. The molecule has 0 aliphatic rings. The van der Waals surface area contributed by atoms with Crippen molar-refractivity contribution in [3.8, 4) is 17.1 Å². The van der Waals surface area contributed by atoms with Crippen LogP contribution in [0.2, 0.25) is 5.02 Å². The van der Waals surface area contributed by atoms with Gasteiger partial charge in [-0.3, -0.25) is 4.79 Å². The summed E-state index contributed by atoms with van der Waals surface area (Å²) in [6.07, 6.45) is 0. The molecular formula is C23H18BrClN4O. The molecule has 0 aliphatic carbocycles. The fourth-order valence-electron chi connectivity index (χ4n) is 2.94. The van der Waals surface area contributed by atoms with E-state index in [4.69, 9.17) is 11.6 Å². The molecule has 4 aromatic rings. The van der Waals surface area contributed by atoms with Crippen LogP contribution in [0.25, 0.3) is 17.1 Å². The summed E-state index contributed by atoms with van der Waals surface area (Å²) < 4.78 is 2.51. The molecule has 1 N–H and O–H groups in total. The molecule has 1 aromatic heterocycles. The van der Waals surface area contributed by atoms with Crippen LogP contribution in [0.3, 0.4) is 0 Å². The molecule has 5 nitrogen and oxygen atoms in total. The molecule has 1 heterocycles. The van der Waals surface area contributed by atoms with Gasteiger partial charge in [0.1, 0.15) is 0 Å². The summed E-state index contributed by atoms with van der Waals surface area (Å²) in [6.45, 7) is 3.95. The molecule has 4 rings (SSSR count). The van der Waals surface area contributed by atoms with E-state index in [1.165, 1.54) is 0 Å². The number of hydrogen-bond acceptors (Lipinski definition) is 3. The highest BCUT2D eigenvalue weighted by molar-refractivity contribution is 9.10. The first-order valence-corrected chi connectivity index (χ1v) is 10.5. The zero-order valence-corrected chi connectivity index (χ0v) is 18.7. The number of aromatic nitrogens is 3. The number of carbonyl (C=O) groups is 1. The smallest absolute Gasteiger partial charge is 0.295 e. The van der Waals surface area contributed by atoms with Crippen LogP contribution in [0.1, 0.15) is 21.7 Å². The first-order chi connectivity index (χ1) is 14.4. The van der Waals surface area contributed by atoms with Gasteiger partial charge in [0.25, 0.3) is 5.91 Å². The lowest BCUT2D eigenvalue weighted by Crippen LogP contribution is -2.14. The molecule has 0 spiro atoms. The Bertz CT molecular complexity index is 1230. The molecule has 0 atom stereocenters. The fraction of sp³-hybridized carbons (Fsp3) is 0.0870. The average Bonchev–Trinajstić information content (AvgIpc) is 3.16. The number of carbonyl (C=O) groups excluding carboxylic acids is 1. The van der Waals surface area contributed by atoms with E-state index in [1.807, 2.05) is 74.5 Å². The number of benzene rings is 3. The first kappa shape index (κ1) is 20.3. The molecule has 0 fully saturated rings. The van der Waals surface area contributed by atoms with E-state index in [0.29, 0.717) is 16.5 Å². The van der Waals surface area contributed by atoms with Crippen molar-refractivity contribution in [3.63, 3.8) is 0 Å². The second-order valence-corrected chi connectivity index (χ2v) is 8.26. The largest absolute Gasteiger partial charge is 0.319 e. The lowest BCUT2D eigenvalue weighted by atomic mass is 10.1. The predicted octanol–water partition coefficient (Wildman–Crippen LogP) is 6.22. The maximum absolute atomic E-state index is 12.8. The van der Waals surface area contributed by atoms with E-state index in [0.717, 1.165) is 26.9 Å². The molecule has 3 aromatic carbocycles. The molecule has 7 heteroatoms. The molecule has 30 heavy (non-hydrogen) atoms. The van der Waals surface area contributed by atoms with E-state index < -0.39 is 5.91 Å². The molecular weight excluding hydrogens is 464 g/mol. The standard InChI is InChI=1S/C23H18BrClN4O/c1-14-6-9-16(10-7-14)22-27-21(23(30)26-18-5-3-4-17(24)12-18)28-29(22)19-11-8-15(2)20(25)13-19/h3-13H,1-2H3,(H,26,30). The monoisotopic (exact) mass is 480 g/mol. The van der Waals surface area contributed by atoms with Crippen LogP contribution in [-0.2, 0) is 0 Å². The van der Waals surface area contributed by atoms with Crippen molar-refractivity contribution in [1.29, 1.82) is 0 Å². The number of halogens is 2. The number of nitrogens with zero attached hydrogens (tertiary/aromatic N) is 3. The van der Waals surface area contributed by atoms with Crippen molar-refractivity contribution in [3.05, 3.63) is 93.2 Å². The van der Waals surface area contributed by atoms with Crippen molar-refractivity contribution in [2.24, 2.45) is 0 Å². The van der Waals surface area contributed by atoms with Crippen molar-refractivity contribution in [2.75, 3.05) is 5.32 Å². The highest BCUT2D eigenvalue weighted by atomic mass is 79.9. The van der Waals surface area contributed by atoms with Crippen LogP contribution in [0.4, 0.5) is 5.69 Å². The molecule has 0 bridgehead atoms. The fourth-order valence-corrected chi connectivity index (χ4v) is 3.52. The molecule has 150 valence electrons.